The van der Waals surface area contributed by atoms with Gasteiger partial charge in [-0.05, 0) is 57.1 Å². The van der Waals surface area contributed by atoms with E-state index in [1.807, 2.05) is 12.1 Å². The third-order valence-corrected chi connectivity index (χ3v) is 9.17. The van der Waals surface area contributed by atoms with Gasteiger partial charge in [-0.15, -0.1) is 0 Å². The molecule has 2 aliphatic rings. The highest BCUT2D eigenvalue weighted by Gasteiger charge is 2.52. The van der Waals surface area contributed by atoms with Gasteiger partial charge in [0.2, 0.25) is 0 Å². The number of nitrogens with zero attached hydrogens (tertiary/aromatic N) is 1. The molecule has 0 radical (unpaired) electrons. The third kappa shape index (κ3) is 2.54. The van der Waals surface area contributed by atoms with Gasteiger partial charge in [-0.1, -0.05) is 121 Å². The SMILES string of the molecule is OBc1ccc(-n2c3ccccc3c3ccc4c(c32)-c2ccccc2C42c3ccccc3-c3ccccc32)cc1. The molecule has 2 aliphatic carbocycles. The van der Waals surface area contributed by atoms with E-state index in [0.717, 1.165) is 11.2 Å². The van der Waals surface area contributed by atoms with E-state index in [2.05, 4.69) is 126 Å². The molecule has 0 unspecified atom stereocenters. The van der Waals surface area contributed by atoms with Gasteiger partial charge in [-0.3, -0.25) is 0 Å². The Kier molecular flexibility index (Phi) is 4.32. The van der Waals surface area contributed by atoms with Crippen molar-refractivity contribution in [3.63, 3.8) is 0 Å². The Labute approximate surface area is 233 Å². The number of hydrogen-bond donors (Lipinski definition) is 1. The minimum atomic E-state index is -0.366. The van der Waals surface area contributed by atoms with Crippen molar-refractivity contribution >= 4 is 34.8 Å². The zero-order chi connectivity index (χ0) is 26.4. The quantitative estimate of drug-likeness (QED) is 0.247. The van der Waals surface area contributed by atoms with Crippen molar-refractivity contribution in [1.29, 1.82) is 0 Å². The van der Waals surface area contributed by atoms with Crippen molar-refractivity contribution in [2.45, 2.75) is 5.41 Å². The van der Waals surface area contributed by atoms with Crippen molar-refractivity contribution < 1.29 is 5.02 Å². The summed E-state index contributed by atoms with van der Waals surface area (Å²) in [5.41, 5.74) is 14.7. The second-order valence-corrected chi connectivity index (χ2v) is 10.9. The minimum Gasteiger partial charge on any atom is -0.449 e. The maximum Gasteiger partial charge on any atom is 0.304 e. The van der Waals surface area contributed by atoms with Crippen LogP contribution in [0.4, 0.5) is 0 Å². The van der Waals surface area contributed by atoms with E-state index in [1.54, 1.807) is 0 Å². The molecule has 1 spiro atoms. The third-order valence-electron chi connectivity index (χ3n) is 9.17. The van der Waals surface area contributed by atoms with Crippen molar-refractivity contribution in [2.24, 2.45) is 0 Å². The van der Waals surface area contributed by atoms with Crippen LogP contribution in [0.3, 0.4) is 0 Å². The van der Waals surface area contributed by atoms with Crippen LogP contribution in [0.1, 0.15) is 22.3 Å². The largest absolute Gasteiger partial charge is 0.449 e. The molecule has 7 aromatic rings. The molecular formula is C37H24BNO. The maximum absolute atomic E-state index is 9.71. The maximum atomic E-state index is 9.71. The van der Waals surface area contributed by atoms with Gasteiger partial charge < -0.3 is 9.59 Å². The Morgan fingerprint density at radius 2 is 1.07 bits per heavy atom. The van der Waals surface area contributed by atoms with Crippen LogP contribution in [0.25, 0.3) is 49.7 Å². The van der Waals surface area contributed by atoms with Gasteiger partial charge in [0.05, 0.1) is 16.4 Å². The molecule has 0 atom stereocenters. The first-order valence-electron chi connectivity index (χ1n) is 13.9. The first kappa shape index (κ1) is 22.0. The molecule has 0 aliphatic heterocycles. The highest BCUT2D eigenvalue weighted by molar-refractivity contribution is 6.45. The van der Waals surface area contributed by atoms with Crippen molar-refractivity contribution in [3.05, 3.63) is 156 Å². The van der Waals surface area contributed by atoms with Gasteiger partial charge in [-0.25, -0.2) is 0 Å². The minimum absolute atomic E-state index is 0.0393. The van der Waals surface area contributed by atoms with Crippen LogP contribution in [0.2, 0.25) is 0 Å². The van der Waals surface area contributed by atoms with Crippen LogP contribution in [0, 0.1) is 0 Å². The van der Waals surface area contributed by atoms with E-state index in [0.29, 0.717) is 0 Å². The number of rotatable bonds is 2. The van der Waals surface area contributed by atoms with E-state index >= 15 is 0 Å². The zero-order valence-corrected chi connectivity index (χ0v) is 21.8. The Morgan fingerprint density at radius 1 is 0.500 bits per heavy atom. The molecule has 1 heterocycles. The summed E-state index contributed by atoms with van der Waals surface area (Å²) in [4.78, 5) is 0. The zero-order valence-electron chi connectivity index (χ0n) is 21.8. The number of para-hydroxylation sites is 1. The predicted molar refractivity (Wildman–Crippen MR) is 166 cm³/mol. The van der Waals surface area contributed by atoms with Crippen LogP contribution in [-0.2, 0) is 5.41 Å². The second-order valence-electron chi connectivity index (χ2n) is 10.9. The summed E-state index contributed by atoms with van der Waals surface area (Å²) in [5.74, 6) is 0. The Hall–Kier alpha value is -4.86. The molecule has 0 amide bonds. The van der Waals surface area contributed by atoms with Gasteiger partial charge in [0, 0.05) is 22.0 Å². The van der Waals surface area contributed by atoms with Gasteiger partial charge in [0.15, 0.2) is 0 Å². The summed E-state index contributed by atoms with van der Waals surface area (Å²) < 4.78 is 2.42. The molecule has 6 aromatic carbocycles. The fourth-order valence-corrected chi connectivity index (χ4v) is 7.65. The molecule has 1 N–H and O–H groups in total. The lowest BCUT2D eigenvalue weighted by Gasteiger charge is -2.30. The average molecular weight is 509 g/mol. The van der Waals surface area contributed by atoms with Crippen molar-refractivity contribution in [2.75, 3.05) is 0 Å². The topological polar surface area (TPSA) is 25.2 Å². The molecule has 0 fully saturated rings. The Morgan fingerprint density at radius 3 is 1.75 bits per heavy atom. The van der Waals surface area contributed by atoms with Crippen molar-refractivity contribution in [3.8, 4) is 27.9 Å². The first-order valence-corrected chi connectivity index (χ1v) is 13.9. The number of hydrogen-bond acceptors (Lipinski definition) is 1. The van der Waals surface area contributed by atoms with Crippen LogP contribution >= 0.6 is 0 Å². The molecule has 0 saturated carbocycles. The fraction of sp³-hybridized carbons (Fsp3) is 0.0270. The number of aromatic nitrogens is 1. The summed E-state index contributed by atoms with van der Waals surface area (Å²) in [5, 5.41) is 12.2. The van der Waals surface area contributed by atoms with Crippen LogP contribution in [0.15, 0.2) is 133 Å². The van der Waals surface area contributed by atoms with Crippen molar-refractivity contribution in [1.82, 2.24) is 4.57 Å². The summed E-state index contributed by atoms with van der Waals surface area (Å²) in [6, 6.07) is 48.7. The summed E-state index contributed by atoms with van der Waals surface area (Å²) in [6.07, 6.45) is 0. The normalized spacial score (nSPS) is 13.8. The highest BCUT2D eigenvalue weighted by atomic mass is 16.2. The predicted octanol–water partition coefficient (Wildman–Crippen LogP) is 7.10. The standard InChI is InChI=1S/C37H24BNO/c40-38-23-17-19-24(20-18-23)39-34-16-8-4-11-27(34)28-21-22-33-35(36(28)39)29-12-3-7-15-32(29)37(33)30-13-5-1-9-25(30)26-10-2-6-14-31(26)37/h1-22,38,40H. The van der Waals surface area contributed by atoms with Gasteiger partial charge in [-0.2, -0.15) is 0 Å². The number of fused-ring (bicyclic) bond motifs is 14. The lowest BCUT2D eigenvalue weighted by atomic mass is 9.70. The van der Waals surface area contributed by atoms with Crippen LogP contribution in [0.5, 0.6) is 0 Å². The highest BCUT2D eigenvalue weighted by Crippen LogP contribution is 2.64. The molecule has 40 heavy (non-hydrogen) atoms. The van der Waals surface area contributed by atoms with E-state index in [4.69, 9.17) is 0 Å². The lowest BCUT2D eigenvalue weighted by Crippen LogP contribution is -2.25. The smallest absolute Gasteiger partial charge is 0.304 e. The van der Waals surface area contributed by atoms with E-state index in [9.17, 15) is 5.02 Å². The van der Waals surface area contributed by atoms with Crippen LogP contribution in [-0.4, -0.2) is 17.1 Å². The fourth-order valence-electron chi connectivity index (χ4n) is 7.65. The Balaban J connectivity index is 1.50. The number of benzene rings is 6. The van der Waals surface area contributed by atoms with Crippen LogP contribution < -0.4 is 5.46 Å². The first-order chi connectivity index (χ1) is 19.8. The molecule has 2 nitrogen and oxygen atoms in total. The van der Waals surface area contributed by atoms with Gasteiger partial charge >= 0.3 is 7.48 Å². The molecule has 3 heteroatoms. The average Bonchev–Trinajstić information content (AvgIpc) is 3.63. The molecule has 0 bridgehead atoms. The molecule has 186 valence electrons. The summed E-state index contributed by atoms with van der Waals surface area (Å²) >= 11 is 0. The van der Waals surface area contributed by atoms with E-state index in [1.165, 1.54) is 66.3 Å². The summed E-state index contributed by atoms with van der Waals surface area (Å²) in [7, 11) is 0.0393. The van der Waals surface area contributed by atoms with E-state index in [-0.39, 0.29) is 12.9 Å². The second kappa shape index (κ2) is 7.85. The van der Waals surface area contributed by atoms with Gasteiger partial charge in [0.25, 0.3) is 0 Å². The monoisotopic (exact) mass is 509 g/mol. The molecule has 1 aromatic heterocycles. The molecule has 0 saturated heterocycles. The summed E-state index contributed by atoms with van der Waals surface area (Å²) in [6.45, 7) is 0. The lowest BCUT2D eigenvalue weighted by molar-refractivity contribution is 0.615. The van der Waals surface area contributed by atoms with Gasteiger partial charge in [0.1, 0.15) is 0 Å². The Bertz CT molecular complexity index is 2110. The van der Waals surface area contributed by atoms with E-state index < -0.39 is 0 Å². The molecular weight excluding hydrogens is 485 g/mol. The molecule has 9 rings (SSSR count).